The Hall–Kier alpha value is -0.950. The number of carboxylic acid groups (broad SMARTS) is 2. The lowest BCUT2D eigenvalue weighted by Crippen LogP contribution is -2.39. The topological polar surface area (TPSA) is 144 Å². The van der Waals surface area contributed by atoms with Crippen molar-refractivity contribution in [2.24, 2.45) is 0 Å². The van der Waals surface area contributed by atoms with E-state index in [-0.39, 0.29) is 6.54 Å². The average molecular weight is 241 g/mol. The normalized spacial score (nSPS) is 13.5. The van der Waals surface area contributed by atoms with Gasteiger partial charge in [-0.15, -0.1) is 0 Å². The summed E-state index contributed by atoms with van der Waals surface area (Å²) in [6.45, 7) is -0.255. The molecule has 88 valence electrons. The molecular weight excluding hydrogens is 229 g/mol. The van der Waals surface area contributed by atoms with Crippen molar-refractivity contribution >= 4 is 19.5 Å². The molecule has 0 aliphatic heterocycles. The summed E-state index contributed by atoms with van der Waals surface area (Å²) in [5.74, 6) is -2.67. The fraction of sp³-hybridized carbons (Fsp3) is 0.667. The van der Waals surface area contributed by atoms with Crippen molar-refractivity contribution in [2.45, 2.75) is 12.5 Å². The summed E-state index contributed by atoms with van der Waals surface area (Å²) < 4.78 is 10.4. The van der Waals surface area contributed by atoms with Crippen molar-refractivity contribution in [3.63, 3.8) is 0 Å². The van der Waals surface area contributed by atoms with Gasteiger partial charge >= 0.3 is 19.5 Å². The summed E-state index contributed by atoms with van der Waals surface area (Å²) in [7, 11) is -4.19. The van der Waals surface area contributed by atoms with Crippen LogP contribution in [0.25, 0.3) is 0 Å². The molecule has 0 aliphatic rings. The summed E-state index contributed by atoms with van der Waals surface area (Å²) in [4.78, 5) is 37.6. The van der Waals surface area contributed by atoms with Gasteiger partial charge in [-0.1, -0.05) is 0 Å². The van der Waals surface area contributed by atoms with Crippen LogP contribution in [0.3, 0.4) is 0 Å². The minimum absolute atomic E-state index is 0.255. The van der Waals surface area contributed by atoms with Crippen molar-refractivity contribution in [1.29, 1.82) is 0 Å². The van der Waals surface area contributed by atoms with Crippen molar-refractivity contribution < 1.29 is 34.2 Å². The molecule has 0 heterocycles. The Kier molecular flexibility index (Phi) is 5.45. The number of hydrogen-bond acceptors (Lipinski definition) is 4. The van der Waals surface area contributed by atoms with E-state index in [0.29, 0.717) is 0 Å². The molecule has 0 aliphatic carbocycles. The van der Waals surface area contributed by atoms with Crippen LogP contribution < -0.4 is 5.32 Å². The van der Waals surface area contributed by atoms with E-state index in [0.717, 1.165) is 0 Å². The number of carboxylic acids is 2. The monoisotopic (exact) mass is 241 g/mol. The molecule has 9 heteroatoms. The number of carbonyl (C=O) groups is 2. The highest BCUT2D eigenvalue weighted by Crippen LogP contribution is 2.32. The predicted molar refractivity (Wildman–Crippen MR) is 48.6 cm³/mol. The lowest BCUT2D eigenvalue weighted by Gasteiger charge is -2.12. The number of nitrogens with one attached hydrogen (secondary N) is 1. The second-order valence-electron chi connectivity index (χ2n) is 2.83. The first-order chi connectivity index (χ1) is 6.72. The molecule has 0 aromatic heterocycles. The molecule has 0 rings (SSSR count). The van der Waals surface area contributed by atoms with E-state index in [4.69, 9.17) is 20.0 Å². The lowest BCUT2D eigenvalue weighted by molar-refractivity contribution is -0.145. The number of hydrogen-bond donors (Lipinski definition) is 5. The molecule has 0 fully saturated rings. The van der Waals surface area contributed by atoms with Crippen molar-refractivity contribution in [3.05, 3.63) is 0 Å². The first-order valence-electron chi connectivity index (χ1n) is 3.95. The Bertz CT molecular complexity index is 285. The van der Waals surface area contributed by atoms with Gasteiger partial charge in [-0.2, -0.15) is 0 Å². The van der Waals surface area contributed by atoms with Gasteiger partial charge in [0.05, 0.1) is 12.6 Å². The van der Waals surface area contributed by atoms with Crippen LogP contribution in [0.2, 0.25) is 0 Å². The molecule has 0 amide bonds. The van der Waals surface area contributed by atoms with E-state index in [9.17, 15) is 14.2 Å². The molecule has 5 N–H and O–H groups in total. The molecule has 0 spiro atoms. The van der Waals surface area contributed by atoms with E-state index in [1.165, 1.54) is 0 Å². The van der Waals surface area contributed by atoms with Gasteiger partial charge in [0, 0.05) is 6.54 Å². The molecule has 8 nitrogen and oxygen atoms in total. The maximum absolute atomic E-state index is 10.5. The minimum Gasteiger partial charge on any atom is -0.481 e. The lowest BCUT2D eigenvalue weighted by atomic mass is 10.2. The Morgan fingerprint density at radius 1 is 1.27 bits per heavy atom. The highest BCUT2D eigenvalue weighted by molar-refractivity contribution is 7.51. The summed E-state index contributed by atoms with van der Waals surface area (Å²) >= 11 is 0. The average Bonchev–Trinajstić information content (AvgIpc) is 1.99. The molecule has 0 saturated carbocycles. The van der Waals surface area contributed by atoms with Crippen LogP contribution in [0.15, 0.2) is 0 Å². The third-order valence-electron chi connectivity index (χ3n) is 1.47. The van der Waals surface area contributed by atoms with Gasteiger partial charge in [0.15, 0.2) is 0 Å². The predicted octanol–water partition coefficient (Wildman–Crippen LogP) is -1.32. The highest BCUT2D eigenvalue weighted by atomic mass is 31.2. The van der Waals surface area contributed by atoms with Gasteiger partial charge in [-0.3, -0.25) is 14.2 Å². The molecule has 1 atom stereocenters. The van der Waals surface area contributed by atoms with Crippen molar-refractivity contribution in [2.75, 3.05) is 12.7 Å². The Balaban J connectivity index is 4.03. The first-order valence-corrected chi connectivity index (χ1v) is 5.74. The molecule has 0 aromatic rings. The Morgan fingerprint density at radius 2 is 1.80 bits per heavy atom. The summed E-state index contributed by atoms with van der Waals surface area (Å²) in [6, 6.07) is -1.34. The first kappa shape index (κ1) is 14.1. The van der Waals surface area contributed by atoms with E-state index in [1.54, 1.807) is 0 Å². The van der Waals surface area contributed by atoms with Crippen LogP contribution in [-0.4, -0.2) is 50.7 Å². The molecule has 0 radical (unpaired) electrons. The SMILES string of the molecule is O=C(O)C[C@H](NCCP(=O)(O)O)C(=O)O. The van der Waals surface area contributed by atoms with Gasteiger partial charge in [-0.05, 0) is 0 Å². The van der Waals surface area contributed by atoms with E-state index < -0.39 is 38.2 Å². The van der Waals surface area contributed by atoms with Crippen molar-refractivity contribution in [3.8, 4) is 0 Å². The van der Waals surface area contributed by atoms with Crippen LogP contribution >= 0.6 is 7.60 Å². The van der Waals surface area contributed by atoms with E-state index in [1.807, 2.05) is 0 Å². The third-order valence-corrected chi connectivity index (χ3v) is 2.28. The molecule has 0 unspecified atom stereocenters. The maximum Gasteiger partial charge on any atom is 0.326 e. The van der Waals surface area contributed by atoms with E-state index in [2.05, 4.69) is 5.32 Å². The van der Waals surface area contributed by atoms with Gasteiger partial charge in [0.2, 0.25) is 0 Å². The van der Waals surface area contributed by atoms with Crippen LogP contribution in [0, 0.1) is 0 Å². The number of aliphatic carboxylic acids is 2. The van der Waals surface area contributed by atoms with Crippen LogP contribution in [-0.2, 0) is 14.2 Å². The van der Waals surface area contributed by atoms with Gasteiger partial charge < -0.3 is 25.3 Å². The van der Waals surface area contributed by atoms with Crippen molar-refractivity contribution in [1.82, 2.24) is 5.32 Å². The summed E-state index contributed by atoms with van der Waals surface area (Å²) in [6.07, 6.45) is -1.17. The Labute approximate surface area is 85.1 Å². The zero-order chi connectivity index (χ0) is 12.1. The van der Waals surface area contributed by atoms with Gasteiger partial charge in [0.25, 0.3) is 0 Å². The van der Waals surface area contributed by atoms with E-state index >= 15 is 0 Å². The Morgan fingerprint density at radius 3 is 2.13 bits per heavy atom. The number of rotatable bonds is 7. The maximum atomic E-state index is 10.5. The zero-order valence-electron chi connectivity index (χ0n) is 7.66. The fourth-order valence-electron chi connectivity index (χ4n) is 0.806. The van der Waals surface area contributed by atoms with Crippen LogP contribution in [0.1, 0.15) is 6.42 Å². The molecule has 0 saturated heterocycles. The molecule has 0 bridgehead atoms. The van der Waals surface area contributed by atoms with Gasteiger partial charge in [-0.25, -0.2) is 0 Å². The second kappa shape index (κ2) is 5.82. The third kappa shape index (κ3) is 8.07. The summed E-state index contributed by atoms with van der Waals surface area (Å²) in [5.41, 5.74) is 0. The van der Waals surface area contributed by atoms with Crippen LogP contribution in [0.4, 0.5) is 0 Å². The van der Waals surface area contributed by atoms with Crippen LogP contribution in [0.5, 0.6) is 0 Å². The fourth-order valence-corrected chi connectivity index (χ4v) is 1.23. The largest absolute Gasteiger partial charge is 0.481 e. The molecule has 15 heavy (non-hydrogen) atoms. The second-order valence-corrected chi connectivity index (χ2v) is 4.61. The highest BCUT2D eigenvalue weighted by Gasteiger charge is 2.21. The quantitative estimate of drug-likeness (QED) is 0.345. The zero-order valence-corrected chi connectivity index (χ0v) is 8.55. The van der Waals surface area contributed by atoms with Gasteiger partial charge in [0.1, 0.15) is 6.04 Å². The molecule has 0 aromatic carbocycles. The minimum atomic E-state index is -4.19. The summed E-state index contributed by atoms with van der Waals surface area (Å²) in [5, 5.41) is 19.1. The molecular formula is C6H12NO7P. The smallest absolute Gasteiger partial charge is 0.326 e. The standard InChI is InChI=1S/C6H12NO7P/c8-5(9)3-4(6(10)11)7-1-2-15(12,13)14/h4,7H,1-3H2,(H,8,9)(H,10,11)(H2,12,13,14)/t4-/m0/s1.